The normalized spacial score (nSPS) is 20.2. The maximum atomic E-state index is 11.1. The van der Waals surface area contributed by atoms with E-state index >= 15 is 0 Å². The number of aryl methyl sites for hydroxylation is 1. The number of phenols is 1. The minimum absolute atomic E-state index is 0.0403. The number of benzene rings is 1. The highest BCUT2D eigenvalue weighted by molar-refractivity contribution is 5.77. The molecule has 1 fully saturated rings. The Bertz CT molecular complexity index is 445. The van der Waals surface area contributed by atoms with Crippen LogP contribution in [0.5, 0.6) is 5.75 Å². The van der Waals surface area contributed by atoms with Gasteiger partial charge in [-0.05, 0) is 24.9 Å². The zero-order chi connectivity index (χ0) is 13.1. The van der Waals surface area contributed by atoms with Crippen LogP contribution in [0.3, 0.4) is 0 Å². The molecule has 0 radical (unpaired) electrons. The molecule has 0 aliphatic carbocycles. The van der Waals surface area contributed by atoms with Crippen LogP contribution in [0.15, 0.2) is 18.2 Å². The van der Waals surface area contributed by atoms with Gasteiger partial charge in [-0.15, -0.1) is 0 Å². The standard InChI is InChI=1S/C14H20N2O2/c1-2-10-4-3-5-11(13(10)17)8-16-7-6-12(9-16)14(15)18/h3-5,12,17H,2,6-9H2,1H3,(H2,15,18). The SMILES string of the molecule is CCc1cccc(CN2CCC(C(N)=O)C2)c1O. The molecule has 4 heteroatoms. The van der Waals surface area contributed by atoms with Gasteiger partial charge in [-0.25, -0.2) is 0 Å². The molecule has 0 spiro atoms. The number of primary amides is 1. The van der Waals surface area contributed by atoms with E-state index in [0.29, 0.717) is 18.8 Å². The summed E-state index contributed by atoms with van der Waals surface area (Å²) in [5, 5.41) is 10.1. The van der Waals surface area contributed by atoms with Gasteiger partial charge >= 0.3 is 0 Å². The lowest BCUT2D eigenvalue weighted by Crippen LogP contribution is -2.27. The highest BCUT2D eigenvalue weighted by Crippen LogP contribution is 2.26. The number of para-hydroxylation sites is 1. The number of hydrogen-bond donors (Lipinski definition) is 2. The molecular weight excluding hydrogens is 228 g/mol. The quantitative estimate of drug-likeness (QED) is 0.843. The molecule has 1 heterocycles. The molecule has 0 aromatic heterocycles. The van der Waals surface area contributed by atoms with E-state index in [1.807, 2.05) is 25.1 Å². The largest absolute Gasteiger partial charge is 0.507 e. The van der Waals surface area contributed by atoms with Crippen LogP contribution in [0.1, 0.15) is 24.5 Å². The van der Waals surface area contributed by atoms with Gasteiger partial charge in [-0.1, -0.05) is 25.1 Å². The number of aromatic hydroxyl groups is 1. The molecule has 1 aliphatic rings. The van der Waals surface area contributed by atoms with Gasteiger partial charge in [0.2, 0.25) is 5.91 Å². The fourth-order valence-corrected chi connectivity index (χ4v) is 2.51. The van der Waals surface area contributed by atoms with Gasteiger partial charge < -0.3 is 10.8 Å². The number of carbonyl (C=O) groups excluding carboxylic acids is 1. The molecule has 1 unspecified atom stereocenters. The van der Waals surface area contributed by atoms with Crippen LogP contribution in [-0.4, -0.2) is 29.0 Å². The van der Waals surface area contributed by atoms with Crippen molar-refractivity contribution in [2.24, 2.45) is 11.7 Å². The lowest BCUT2D eigenvalue weighted by molar-refractivity contribution is -0.121. The minimum atomic E-state index is -0.218. The maximum Gasteiger partial charge on any atom is 0.221 e. The second kappa shape index (κ2) is 5.40. The van der Waals surface area contributed by atoms with E-state index < -0.39 is 0 Å². The second-order valence-corrected chi connectivity index (χ2v) is 4.90. The number of likely N-dealkylation sites (tertiary alicyclic amines) is 1. The first kappa shape index (κ1) is 12.9. The molecule has 1 aliphatic heterocycles. The van der Waals surface area contributed by atoms with Crippen LogP contribution in [0.2, 0.25) is 0 Å². The summed E-state index contributed by atoms with van der Waals surface area (Å²) in [6.45, 7) is 4.27. The molecule has 1 atom stereocenters. The van der Waals surface area contributed by atoms with Crippen molar-refractivity contribution in [2.45, 2.75) is 26.3 Å². The number of hydrogen-bond acceptors (Lipinski definition) is 3. The Balaban J connectivity index is 2.05. The second-order valence-electron chi connectivity index (χ2n) is 4.90. The molecular formula is C14H20N2O2. The van der Waals surface area contributed by atoms with E-state index in [-0.39, 0.29) is 11.8 Å². The van der Waals surface area contributed by atoms with Crippen LogP contribution in [0.25, 0.3) is 0 Å². The summed E-state index contributed by atoms with van der Waals surface area (Å²) in [4.78, 5) is 13.3. The van der Waals surface area contributed by atoms with E-state index in [2.05, 4.69) is 4.90 Å². The van der Waals surface area contributed by atoms with Gasteiger partial charge in [0, 0.05) is 18.7 Å². The van der Waals surface area contributed by atoms with Crippen molar-refractivity contribution < 1.29 is 9.90 Å². The van der Waals surface area contributed by atoms with Gasteiger partial charge in [0.15, 0.2) is 0 Å². The van der Waals surface area contributed by atoms with Gasteiger partial charge in [-0.2, -0.15) is 0 Å². The smallest absolute Gasteiger partial charge is 0.221 e. The Labute approximate surface area is 107 Å². The molecule has 0 saturated carbocycles. The summed E-state index contributed by atoms with van der Waals surface area (Å²) in [6, 6.07) is 5.84. The van der Waals surface area contributed by atoms with Crippen LogP contribution in [-0.2, 0) is 17.8 Å². The number of nitrogens with two attached hydrogens (primary N) is 1. The third kappa shape index (κ3) is 2.64. The van der Waals surface area contributed by atoms with Crippen molar-refractivity contribution in [3.05, 3.63) is 29.3 Å². The zero-order valence-corrected chi connectivity index (χ0v) is 10.7. The minimum Gasteiger partial charge on any atom is -0.507 e. The van der Waals surface area contributed by atoms with Crippen molar-refractivity contribution in [2.75, 3.05) is 13.1 Å². The van der Waals surface area contributed by atoms with Gasteiger partial charge in [0.05, 0.1) is 5.92 Å². The Hall–Kier alpha value is -1.55. The predicted molar refractivity (Wildman–Crippen MR) is 70.1 cm³/mol. The first-order valence-electron chi connectivity index (χ1n) is 6.43. The number of amides is 1. The van der Waals surface area contributed by atoms with Crippen LogP contribution >= 0.6 is 0 Å². The van der Waals surface area contributed by atoms with E-state index in [4.69, 9.17) is 5.73 Å². The molecule has 4 nitrogen and oxygen atoms in total. The molecule has 98 valence electrons. The molecule has 18 heavy (non-hydrogen) atoms. The van der Waals surface area contributed by atoms with Crippen LogP contribution < -0.4 is 5.73 Å². The summed E-state index contributed by atoms with van der Waals surface area (Å²) in [6.07, 6.45) is 1.65. The molecule has 1 saturated heterocycles. The highest BCUT2D eigenvalue weighted by Gasteiger charge is 2.26. The number of nitrogens with zero attached hydrogens (tertiary/aromatic N) is 1. The fraction of sp³-hybridized carbons (Fsp3) is 0.500. The van der Waals surface area contributed by atoms with Crippen molar-refractivity contribution in [3.8, 4) is 5.75 Å². The van der Waals surface area contributed by atoms with E-state index in [0.717, 1.165) is 30.5 Å². The van der Waals surface area contributed by atoms with Crippen molar-refractivity contribution >= 4 is 5.91 Å². The summed E-state index contributed by atoms with van der Waals surface area (Å²) in [5.74, 6) is 0.132. The number of rotatable bonds is 4. The number of carbonyl (C=O) groups is 1. The maximum absolute atomic E-state index is 11.1. The third-order valence-electron chi connectivity index (χ3n) is 3.65. The van der Waals surface area contributed by atoms with Crippen molar-refractivity contribution in [1.29, 1.82) is 0 Å². The lowest BCUT2D eigenvalue weighted by Gasteiger charge is -2.17. The van der Waals surface area contributed by atoms with Gasteiger partial charge in [0.1, 0.15) is 5.75 Å². The zero-order valence-electron chi connectivity index (χ0n) is 10.7. The molecule has 3 N–H and O–H groups in total. The molecule has 1 amide bonds. The third-order valence-corrected chi connectivity index (χ3v) is 3.65. The summed E-state index contributed by atoms with van der Waals surface area (Å²) in [7, 11) is 0. The average Bonchev–Trinajstić information content (AvgIpc) is 2.80. The average molecular weight is 248 g/mol. The van der Waals surface area contributed by atoms with Gasteiger partial charge in [0.25, 0.3) is 0 Å². The van der Waals surface area contributed by atoms with E-state index in [1.54, 1.807) is 0 Å². The predicted octanol–water partition coefficient (Wildman–Crippen LogP) is 1.26. The molecule has 2 rings (SSSR count). The van der Waals surface area contributed by atoms with Crippen molar-refractivity contribution in [1.82, 2.24) is 4.90 Å². The Kier molecular flexibility index (Phi) is 3.87. The summed E-state index contributed by atoms with van der Waals surface area (Å²) < 4.78 is 0. The van der Waals surface area contributed by atoms with Gasteiger partial charge in [-0.3, -0.25) is 9.69 Å². The topological polar surface area (TPSA) is 66.6 Å². The molecule has 1 aromatic rings. The Morgan fingerprint density at radius 2 is 2.22 bits per heavy atom. The van der Waals surface area contributed by atoms with Crippen LogP contribution in [0.4, 0.5) is 0 Å². The first-order valence-corrected chi connectivity index (χ1v) is 6.43. The van der Waals surface area contributed by atoms with Crippen LogP contribution in [0, 0.1) is 5.92 Å². The molecule has 1 aromatic carbocycles. The van der Waals surface area contributed by atoms with E-state index in [1.165, 1.54) is 0 Å². The first-order chi connectivity index (χ1) is 8.61. The van der Waals surface area contributed by atoms with Crippen molar-refractivity contribution in [3.63, 3.8) is 0 Å². The Morgan fingerprint density at radius 1 is 1.50 bits per heavy atom. The highest BCUT2D eigenvalue weighted by atomic mass is 16.3. The Morgan fingerprint density at radius 3 is 2.83 bits per heavy atom. The summed E-state index contributed by atoms with van der Waals surface area (Å²) in [5.41, 5.74) is 7.21. The lowest BCUT2D eigenvalue weighted by atomic mass is 10.1. The van der Waals surface area contributed by atoms with E-state index in [9.17, 15) is 9.90 Å². The fourth-order valence-electron chi connectivity index (χ4n) is 2.51. The monoisotopic (exact) mass is 248 g/mol. The number of phenolic OH excluding ortho intramolecular Hbond substituents is 1. The summed E-state index contributed by atoms with van der Waals surface area (Å²) >= 11 is 0. The molecule has 0 bridgehead atoms.